The van der Waals surface area contributed by atoms with Crippen molar-refractivity contribution in [2.24, 2.45) is 5.92 Å². The van der Waals surface area contributed by atoms with Gasteiger partial charge >= 0.3 is 0 Å². The molecule has 1 unspecified atom stereocenters. The summed E-state index contributed by atoms with van der Waals surface area (Å²) in [6.45, 7) is 4.10. The number of aryl methyl sites for hydroxylation is 1. The van der Waals surface area contributed by atoms with E-state index in [0.717, 1.165) is 30.8 Å². The summed E-state index contributed by atoms with van der Waals surface area (Å²) < 4.78 is 0. The van der Waals surface area contributed by atoms with E-state index in [1.807, 2.05) is 19.1 Å². The number of aromatic nitrogens is 1. The minimum absolute atomic E-state index is 0.222. The number of pyridine rings is 1. The van der Waals surface area contributed by atoms with Gasteiger partial charge in [0.05, 0.1) is 0 Å². The zero-order valence-electron chi connectivity index (χ0n) is 9.70. The lowest BCUT2D eigenvalue weighted by Crippen LogP contribution is -2.10. The third kappa shape index (κ3) is 2.89. The molecule has 0 bridgehead atoms. The first-order valence-corrected chi connectivity index (χ1v) is 5.92. The smallest absolute Gasteiger partial charge is 0.164 e. The van der Waals surface area contributed by atoms with E-state index in [-0.39, 0.29) is 5.78 Å². The van der Waals surface area contributed by atoms with Gasteiger partial charge in [-0.25, -0.2) is 0 Å². The number of nitrogens with one attached hydrogen (secondary N) is 1. The van der Waals surface area contributed by atoms with Crippen molar-refractivity contribution >= 4 is 5.78 Å². The summed E-state index contributed by atoms with van der Waals surface area (Å²) in [5, 5.41) is 3.32. The first-order chi connectivity index (χ1) is 7.75. The molecule has 1 N–H and O–H groups in total. The van der Waals surface area contributed by atoms with Crippen molar-refractivity contribution < 1.29 is 4.79 Å². The number of hydrogen-bond donors (Lipinski definition) is 1. The fourth-order valence-corrected chi connectivity index (χ4v) is 2.07. The summed E-state index contributed by atoms with van der Waals surface area (Å²) in [5.41, 5.74) is 1.70. The highest BCUT2D eigenvalue weighted by Crippen LogP contribution is 2.16. The van der Waals surface area contributed by atoms with Crippen LogP contribution in [0, 0.1) is 12.8 Å². The van der Waals surface area contributed by atoms with Crippen molar-refractivity contribution in [2.75, 3.05) is 13.1 Å². The average molecular weight is 218 g/mol. The van der Waals surface area contributed by atoms with Crippen molar-refractivity contribution in [1.29, 1.82) is 0 Å². The van der Waals surface area contributed by atoms with Gasteiger partial charge in [-0.1, -0.05) is 0 Å². The zero-order chi connectivity index (χ0) is 11.4. The normalized spacial score (nSPS) is 19.9. The Hall–Kier alpha value is -1.22. The Balaban J connectivity index is 1.85. The maximum atomic E-state index is 11.9. The quantitative estimate of drug-likeness (QED) is 0.785. The number of Topliss-reactive ketones (excluding diaryl/α,β-unsaturated/α-hetero) is 1. The lowest BCUT2D eigenvalue weighted by molar-refractivity contribution is 0.0974. The van der Waals surface area contributed by atoms with Gasteiger partial charge < -0.3 is 5.32 Å². The van der Waals surface area contributed by atoms with E-state index in [0.29, 0.717) is 12.3 Å². The molecule has 1 aromatic rings. The van der Waals surface area contributed by atoms with Crippen molar-refractivity contribution in [3.8, 4) is 0 Å². The second-order valence-corrected chi connectivity index (χ2v) is 4.51. The van der Waals surface area contributed by atoms with E-state index in [2.05, 4.69) is 10.3 Å². The second-order valence-electron chi connectivity index (χ2n) is 4.51. The van der Waals surface area contributed by atoms with Crippen molar-refractivity contribution in [3.63, 3.8) is 0 Å². The number of hydrogen-bond acceptors (Lipinski definition) is 3. The maximum Gasteiger partial charge on any atom is 0.164 e. The van der Waals surface area contributed by atoms with E-state index in [4.69, 9.17) is 0 Å². The summed E-state index contributed by atoms with van der Waals surface area (Å²) in [5.74, 6) is 0.904. The highest BCUT2D eigenvalue weighted by atomic mass is 16.1. The molecule has 0 spiro atoms. The van der Waals surface area contributed by atoms with E-state index in [1.165, 1.54) is 6.42 Å². The first kappa shape index (κ1) is 11.3. The number of carbonyl (C=O) groups excluding carboxylic acids is 1. The van der Waals surface area contributed by atoms with Gasteiger partial charge in [-0.15, -0.1) is 0 Å². The van der Waals surface area contributed by atoms with Gasteiger partial charge in [0.25, 0.3) is 0 Å². The predicted octanol–water partition coefficient (Wildman–Crippen LogP) is 1.96. The van der Waals surface area contributed by atoms with Gasteiger partial charge in [0.2, 0.25) is 0 Å². The molecular weight excluding hydrogens is 200 g/mol. The second kappa shape index (κ2) is 5.21. The SMILES string of the molecule is Cc1ccc(C(=O)CCC2CCNC2)cn1. The largest absolute Gasteiger partial charge is 0.316 e. The van der Waals surface area contributed by atoms with Crippen LogP contribution in [0.15, 0.2) is 18.3 Å². The molecule has 1 atom stereocenters. The molecule has 0 radical (unpaired) electrons. The van der Waals surface area contributed by atoms with Crippen LogP contribution < -0.4 is 5.32 Å². The van der Waals surface area contributed by atoms with Crippen LogP contribution in [-0.2, 0) is 0 Å². The topological polar surface area (TPSA) is 42.0 Å². The highest BCUT2D eigenvalue weighted by molar-refractivity contribution is 5.95. The van der Waals surface area contributed by atoms with Crippen LogP contribution >= 0.6 is 0 Å². The molecule has 2 rings (SSSR count). The molecule has 0 saturated carbocycles. The Morgan fingerprint density at radius 2 is 2.44 bits per heavy atom. The standard InChI is InChI=1S/C13H18N2O/c1-10-2-4-12(9-15-10)13(16)5-3-11-6-7-14-8-11/h2,4,9,11,14H,3,5-8H2,1H3. The maximum absolute atomic E-state index is 11.9. The molecule has 0 amide bonds. The van der Waals surface area contributed by atoms with Crippen LogP contribution in [0.1, 0.15) is 35.3 Å². The fourth-order valence-electron chi connectivity index (χ4n) is 2.07. The van der Waals surface area contributed by atoms with Crippen LogP contribution in [0.2, 0.25) is 0 Å². The lowest BCUT2D eigenvalue weighted by Gasteiger charge is -2.06. The summed E-state index contributed by atoms with van der Waals surface area (Å²) in [6, 6.07) is 3.77. The van der Waals surface area contributed by atoms with Crippen LogP contribution in [0.25, 0.3) is 0 Å². The molecule has 2 heterocycles. The van der Waals surface area contributed by atoms with Crippen LogP contribution in [0.4, 0.5) is 0 Å². The number of carbonyl (C=O) groups is 1. The third-order valence-corrected chi connectivity index (χ3v) is 3.18. The number of rotatable bonds is 4. The van der Waals surface area contributed by atoms with Crippen LogP contribution in [-0.4, -0.2) is 23.9 Å². The number of nitrogens with zero attached hydrogens (tertiary/aromatic N) is 1. The molecule has 86 valence electrons. The highest BCUT2D eigenvalue weighted by Gasteiger charge is 2.16. The summed E-state index contributed by atoms with van der Waals surface area (Å²) in [7, 11) is 0. The zero-order valence-corrected chi connectivity index (χ0v) is 9.70. The molecule has 1 aliphatic rings. The Labute approximate surface area is 96.3 Å². The van der Waals surface area contributed by atoms with Gasteiger partial charge in [-0.05, 0) is 50.9 Å². The van der Waals surface area contributed by atoms with Gasteiger partial charge in [0, 0.05) is 23.9 Å². The van der Waals surface area contributed by atoms with Crippen molar-refractivity contribution in [2.45, 2.75) is 26.2 Å². The Morgan fingerprint density at radius 1 is 1.56 bits per heavy atom. The average Bonchev–Trinajstić information content (AvgIpc) is 2.80. The Morgan fingerprint density at radius 3 is 3.06 bits per heavy atom. The van der Waals surface area contributed by atoms with E-state index < -0.39 is 0 Å². The lowest BCUT2D eigenvalue weighted by atomic mass is 9.99. The van der Waals surface area contributed by atoms with Crippen LogP contribution in [0.3, 0.4) is 0 Å². The monoisotopic (exact) mass is 218 g/mol. The summed E-state index contributed by atoms with van der Waals surface area (Å²) in [6.07, 6.45) is 4.54. The molecule has 16 heavy (non-hydrogen) atoms. The summed E-state index contributed by atoms with van der Waals surface area (Å²) >= 11 is 0. The molecule has 1 saturated heterocycles. The molecule has 3 nitrogen and oxygen atoms in total. The molecule has 0 aliphatic carbocycles. The van der Waals surface area contributed by atoms with Crippen molar-refractivity contribution in [3.05, 3.63) is 29.6 Å². The Bertz CT molecular complexity index is 353. The minimum Gasteiger partial charge on any atom is -0.316 e. The number of ketones is 1. The fraction of sp³-hybridized carbons (Fsp3) is 0.538. The molecule has 3 heteroatoms. The molecule has 1 aromatic heterocycles. The van der Waals surface area contributed by atoms with Crippen molar-refractivity contribution in [1.82, 2.24) is 10.3 Å². The van der Waals surface area contributed by atoms with E-state index >= 15 is 0 Å². The molecule has 1 aliphatic heterocycles. The van der Waals surface area contributed by atoms with E-state index in [9.17, 15) is 4.79 Å². The van der Waals surface area contributed by atoms with Gasteiger partial charge in [-0.3, -0.25) is 9.78 Å². The molecular formula is C13H18N2O. The third-order valence-electron chi connectivity index (χ3n) is 3.18. The van der Waals surface area contributed by atoms with Gasteiger partial charge in [-0.2, -0.15) is 0 Å². The Kier molecular flexibility index (Phi) is 3.67. The minimum atomic E-state index is 0.222. The first-order valence-electron chi connectivity index (χ1n) is 5.92. The summed E-state index contributed by atoms with van der Waals surface area (Å²) in [4.78, 5) is 16.0. The van der Waals surface area contributed by atoms with Crippen LogP contribution in [0.5, 0.6) is 0 Å². The van der Waals surface area contributed by atoms with E-state index in [1.54, 1.807) is 6.20 Å². The van der Waals surface area contributed by atoms with Gasteiger partial charge in [0.1, 0.15) is 0 Å². The molecule has 0 aromatic carbocycles. The predicted molar refractivity (Wildman–Crippen MR) is 63.5 cm³/mol. The van der Waals surface area contributed by atoms with Gasteiger partial charge in [0.15, 0.2) is 5.78 Å². The molecule has 1 fully saturated rings.